The van der Waals surface area contributed by atoms with Gasteiger partial charge in [-0.1, -0.05) is 6.07 Å². The number of nitrogens with one attached hydrogen (secondary N) is 1. The van der Waals surface area contributed by atoms with Crippen molar-refractivity contribution in [1.29, 1.82) is 0 Å². The minimum Gasteiger partial charge on any atom is -0.351 e. The molecular formula is C17H23N3O. The van der Waals surface area contributed by atoms with Gasteiger partial charge in [-0.05, 0) is 51.3 Å². The molecule has 0 atom stereocenters. The Bertz CT molecular complexity index is 690. The lowest BCUT2D eigenvalue weighted by molar-refractivity contribution is -0.121. The van der Waals surface area contributed by atoms with Crippen LogP contribution in [0.5, 0.6) is 0 Å². The molecule has 4 nitrogen and oxygen atoms in total. The van der Waals surface area contributed by atoms with Gasteiger partial charge in [-0.25, -0.2) is 4.98 Å². The number of carbonyl (C=O) groups excluding carboxylic acids is 1. The van der Waals surface area contributed by atoms with Crippen LogP contribution in [0, 0.1) is 0 Å². The van der Waals surface area contributed by atoms with Crippen molar-refractivity contribution in [2.45, 2.75) is 51.5 Å². The van der Waals surface area contributed by atoms with E-state index in [0.717, 1.165) is 16.6 Å². The van der Waals surface area contributed by atoms with E-state index in [1.54, 1.807) is 0 Å². The second-order valence-corrected chi connectivity index (χ2v) is 7.10. The summed E-state index contributed by atoms with van der Waals surface area (Å²) in [4.78, 5) is 16.8. The molecule has 1 aliphatic rings. The van der Waals surface area contributed by atoms with Crippen LogP contribution < -0.4 is 5.32 Å². The monoisotopic (exact) mass is 285 g/mol. The molecule has 21 heavy (non-hydrogen) atoms. The molecule has 0 bridgehead atoms. The smallest absolute Gasteiger partial charge is 0.224 e. The predicted molar refractivity (Wildman–Crippen MR) is 84.3 cm³/mol. The summed E-state index contributed by atoms with van der Waals surface area (Å²) in [7, 11) is 2.08. The van der Waals surface area contributed by atoms with E-state index in [1.807, 2.05) is 32.9 Å². The first kappa shape index (κ1) is 14.1. The van der Waals surface area contributed by atoms with Gasteiger partial charge in [0.2, 0.25) is 5.91 Å². The third-order valence-electron chi connectivity index (χ3n) is 3.80. The van der Waals surface area contributed by atoms with Crippen LogP contribution >= 0.6 is 0 Å². The summed E-state index contributed by atoms with van der Waals surface area (Å²) < 4.78 is 2.19. The number of benzene rings is 1. The SMILES string of the molecule is Cn1c(C2CC2)nc2cc(CC(=O)NC(C)(C)C)ccc21. The molecule has 1 heterocycles. The quantitative estimate of drug-likeness (QED) is 0.942. The van der Waals surface area contributed by atoms with Crippen molar-refractivity contribution in [3.05, 3.63) is 29.6 Å². The number of carbonyl (C=O) groups is 1. The third-order valence-corrected chi connectivity index (χ3v) is 3.80. The molecule has 4 heteroatoms. The second-order valence-electron chi connectivity index (χ2n) is 7.10. The fourth-order valence-corrected chi connectivity index (χ4v) is 2.73. The lowest BCUT2D eigenvalue weighted by Gasteiger charge is -2.20. The van der Waals surface area contributed by atoms with Gasteiger partial charge in [0, 0.05) is 18.5 Å². The van der Waals surface area contributed by atoms with Gasteiger partial charge in [-0.3, -0.25) is 4.79 Å². The Balaban J connectivity index is 1.82. The molecule has 1 aromatic heterocycles. The lowest BCUT2D eigenvalue weighted by atomic mass is 10.1. The van der Waals surface area contributed by atoms with Crippen molar-refractivity contribution in [3.8, 4) is 0 Å². The largest absolute Gasteiger partial charge is 0.351 e. The van der Waals surface area contributed by atoms with Gasteiger partial charge in [0.25, 0.3) is 0 Å². The topological polar surface area (TPSA) is 46.9 Å². The fraction of sp³-hybridized carbons (Fsp3) is 0.529. The zero-order chi connectivity index (χ0) is 15.2. The highest BCUT2D eigenvalue weighted by atomic mass is 16.1. The molecule has 1 aromatic carbocycles. The molecule has 1 saturated carbocycles. The van der Waals surface area contributed by atoms with Crippen LogP contribution in [0.4, 0.5) is 0 Å². The molecular weight excluding hydrogens is 262 g/mol. The van der Waals surface area contributed by atoms with Crippen LogP contribution in [0.15, 0.2) is 18.2 Å². The zero-order valence-electron chi connectivity index (χ0n) is 13.2. The van der Waals surface area contributed by atoms with E-state index < -0.39 is 0 Å². The van der Waals surface area contributed by atoms with Crippen molar-refractivity contribution in [2.24, 2.45) is 7.05 Å². The van der Waals surface area contributed by atoms with Gasteiger partial charge in [-0.2, -0.15) is 0 Å². The molecule has 0 saturated heterocycles. The Morgan fingerprint density at radius 1 is 1.38 bits per heavy atom. The van der Waals surface area contributed by atoms with E-state index in [9.17, 15) is 4.79 Å². The molecule has 1 N–H and O–H groups in total. The Kier molecular flexibility index (Phi) is 3.27. The van der Waals surface area contributed by atoms with E-state index in [0.29, 0.717) is 12.3 Å². The van der Waals surface area contributed by atoms with Crippen molar-refractivity contribution in [2.75, 3.05) is 0 Å². The van der Waals surface area contributed by atoms with E-state index in [4.69, 9.17) is 4.98 Å². The highest BCUT2D eigenvalue weighted by Crippen LogP contribution is 2.40. The van der Waals surface area contributed by atoms with E-state index >= 15 is 0 Å². The highest BCUT2D eigenvalue weighted by Gasteiger charge is 2.28. The number of imidazole rings is 1. The number of hydrogen-bond acceptors (Lipinski definition) is 2. The lowest BCUT2D eigenvalue weighted by Crippen LogP contribution is -2.41. The third kappa shape index (κ3) is 3.09. The maximum Gasteiger partial charge on any atom is 0.224 e. The van der Waals surface area contributed by atoms with Gasteiger partial charge >= 0.3 is 0 Å². The standard InChI is InChI=1S/C17H23N3O/c1-17(2,3)19-15(21)10-11-5-8-14-13(9-11)18-16(20(14)4)12-6-7-12/h5,8-9,12H,6-7,10H2,1-4H3,(H,19,21). The van der Waals surface area contributed by atoms with Gasteiger partial charge < -0.3 is 9.88 Å². The van der Waals surface area contributed by atoms with E-state index in [2.05, 4.69) is 23.0 Å². The van der Waals surface area contributed by atoms with Crippen LogP contribution in [0.2, 0.25) is 0 Å². The molecule has 3 rings (SSSR count). The van der Waals surface area contributed by atoms with Crippen LogP contribution in [0.1, 0.15) is 50.9 Å². The van der Waals surface area contributed by atoms with E-state index in [1.165, 1.54) is 18.7 Å². The summed E-state index contributed by atoms with van der Waals surface area (Å²) in [5.74, 6) is 1.87. The summed E-state index contributed by atoms with van der Waals surface area (Å²) in [5, 5.41) is 3.00. The molecule has 1 amide bonds. The van der Waals surface area contributed by atoms with Crippen LogP contribution in [-0.2, 0) is 18.3 Å². The molecule has 1 aliphatic carbocycles. The predicted octanol–water partition coefficient (Wildman–Crippen LogP) is 2.91. The van der Waals surface area contributed by atoms with Crippen LogP contribution in [0.3, 0.4) is 0 Å². The Morgan fingerprint density at radius 2 is 2.10 bits per heavy atom. The van der Waals surface area contributed by atoms with Crippen molar-refractivity contribution in [3.63, 3.8) is 0 Å². The van der Waals surface area contributed by atoms with Crippen LogP contribution in [0.25, 0.3) is 11.0 Å². The first-order valence-electron chi connectivity index (χ1n) is 7.60. The Morgan fingerprint density at radius 3 is 2.71 bits per heavy atom. The Hall–Kier alpha value is -1.84. The average molecular weight is 285 g/mol. The number of rotatable bonds is 3. The molecule has 2 aromatic rings. The molecule has 0 aliphatic heterocycles. The first-order valence-corrected chi connectivity index (χ1v) is 7.60. The zero-order valence-corrected chi connectivity index (χ0v) is 13.2. The minimum absolute atomic E-state index is 0.0557. The minimum atomic E-state index is -0.189. The molecule has 1 fully saturated rings. The average Bonchev–Trinajstić information content (AvgIpc) is 3.13. The van der Waals surface area contributed by atoms with Gasteiger partial charge in [-0.15, -0.1) is 0 Å². The summed E-state index contributed by atoms with van der Waals surface area (Å²) in [6.07, 6.45) is 2.90. The summed E-state index contributed by atoms with van der Waals surface area (Å²) in [6.45, 7) is 5.98. The van der Waals surface area contributed by atoms with Crippen molar-refractivity contribution < 1.29 is 4.79 Å². The first-order chi connectivity index (χ1) is 9.83. The van der Waals surface area contributed by atoms with Gasteiger partial charge in [0.15, 0.2) is 0 Å². The molecule has 0 unspecified atom stereocenters. The van der Waals surface area contributed by atoms with Gasteiger partial charge in [0.1, 0.15) is 5.82 Å². The number of nitrogens with zero attached hydrogens (tertiary/aromatic N) is 2. The van der Waals surface area contributed by atoms with Crippen molar-refractivity contribution in [1.82, 2.24) is 14.9 Å². The van der Waals surface area contributed by atoms with E-state index in [-0.39, 0.29) is 11.4 Å². The number of fused-ring (bicyclic) bond motifs is 1. The Labute approximate surface area is 125 Å². The highest BCUT2D eigenvalue weighted by molar-refractivity contribution is 5.82. The number of amides is 1. The van der Waals surface area contributed by atoms with Crippen LogP contribution in [-0.4, -0.2) is 21.0 Å². The summed E-state index contributed by atoms with van der Waals surface area (Å²) >= 11 is 0. The summed E-state index contributed by atoms with van der Waals surface area (Å²) in [6, 6.07) is 6.15. The normalized spacial score (nSPS) is 15.4. The molecule has 0 spiro atoms. The molecule has 112 valence electrons. The number of hydrogen-bond donors (Lipinski definition) is 1. The summed E-state index contributed by atoms with van der Waals surface area (Å²) in [5.41, 5.74) is 2.98. The second kappa shape index (κ2) is 4.86. The molecule has 0 radical (unpaired) electrons. The number of aromatic nitrogens is 2. The fourth-order valence-electron chi connectivity index (χ4n) is 2.73. The number of aryl methyl sites for hydroxylation is 1. The van der Waals surface area contributed by atoms with Crippen molar-refractivity contribution >= 4 is 16.9 Å². The maximum absolute atomic E-state index is 12.0. The van der Waals surface area contributed by atoms with Gasteiger partial charge in [0.05, 0.1) is 17.5 Å². The maximum atomic E-state index is 12.0.